The molecule has 34 heavy (non-hydrogen) atoms. The number of aromatic nitrogens is 3. The molecular formula is C28H23ClN4O. The maximum absolute atomic E-state index is 10.3. The van der Waals surface area contributed by atoms with Gasteiger partial charge in [0.1, 0.15) is 5.82 Å². The molecule has 1 N–H and O–H groups in total. The van der Waals surface area contributed by atoms with Gasteiger partial charge in [-0.1, -0.05) is 54.1 Å². The van der Waals surface area contributed by atoms with Gasteiger partial charge in [-0.05, 0) is 47.0 Å². The molecule has 0 saturated carbocycles. The Labute approximate surface area is 203 Å². The minimum atomic E-state index is -0.159. The van der Waals surface area contributed by atoms with Crippen molar-refractivity contribution in [3.63, 3.8) is 0 Å². The number of pyridine rings is 3. The summed E-state index contributed by atoms with van der Waals surface area (Å²) < 4.78 is 0. The third kappa shape index (κ3) is 3.89. The van der Waals surface area contributed by atoms with Gasteiger partial charge in [0.25, 0.3) is 0 Å². The van der Waals surface area contributed by atoms with E-state index in [1.165, 1.54) is 0 Å². The van der Waals surface area contributed by atoms with Crippen LogP contribution in [-0.4, -0.2) is 34.2 Å². The normalized spacial score (nSPS) is 11.1. The first-order valence-electron chi connectivity index (χ1n) is 10.9. The second-order valence-corrected chi connectivity index (χ2v) is 8.55. The fourth-order valence-electron chi connectivity index (χ4n) is 4.21. The summed E-state index contributed by atoms with van der Waals surface area (Å²) in [5, 5.41) is 11.8. The molecule has 5 nitrogen and oxygen atoms in total. The number of fused-ring (bicyclic) bond motifs is 1. The van der Waals surface area contributed by atoms with Crippen LogP contribution in [0, 0.1) is 0 Å². The van der Waals surface area contributed by atoms with Crippen LogP contribution in [-0.2, 0) is 6.61 Å². The van der Waals surface area contributed by atoms with Gasteiger partial charge in [-0.3, -0.25) is 9.97 Å². The van der Waals surface area contributed by atoms with Crippen molar-refractivity contribution >= 4 is 28.3 Å². The Morgan fingerprint density at radius 3 is 2.35 bits per heavy atom. The fourth-order valence-corrected chi connectivity index (χ4v) is 4.56. The molecule has 0 aliphatic carbocycles. The summed E-state index contributed by atoms with van der Waals surface area (Å²) in [6, 6.07) is 23.6. The van der Waals surface area contributed by atoms with Crippen molar-refractivity contribution in [1.29, 1.82) is 0 Å². The van der Waals surface area contributed by atoms with Gasteiger partial charge in [-0.2, -0.15) is 0 Å². The zero-order valence-electron chi connectivity index (χ0n) is 18.9. The molecule has 0 aliphatic rings. The van der Waals surface area contributed by atoms with Crippen LogP contribution in [0.3, 0.4) is 0 Å². The van der Waals surface area contributed by atoms with E-state index in [0.717, 1.165) is 50.2 Å². The molecule has 0 radical (unpaired) electrons. The lowest BCUT2D eigenvalue weighted by molar-refractivity contribution is 0.282. The first-order valence-corrected chi connectivity index (χ1v) is 11.3. The molecular weight excluding hydrogens is 444 g/mol. The van der Waals surface area contributed by atoms with E-state index in [1.54, 1.807) is 12.4 Å². The summed E-state index contributed by atoms with van der Waals surface area (Å²) in [6.07, 6.45) is 3.47. The maximum atomic E-state index is 10.3. The number of hydrogen-bond donors (Lipinski definition) is 1. The molecule has 0 saturated heterocycles. The molecule has 0 atom stereocenters. The molecule has 0 fully saturated rings. The number of rotatable bonds is 5. The summed E-state index contributed by atoms with van der Waals surface area (Å²) in [5.74, 6) is 0.814. The van der Waals surface area contributed by atoms with Gasteiger partial charge in [0.15, 0.2) is 0 Å². The SMILES string of the molecule is CN(C)c1nc2ccc(-c3ccnc(-c4ccccn4)c3CO)cc2c(Cl)c1-c1ccccc1. The van der Waals surface area contributed by atoms with Crippen molar-refractivity contribution in [2.45, 2.75) is 6.61 Å². The summed E-state index contributed by atoms with van der Waals surface area (Å²) >= 11 is 7.05. The molecule has 6 heteroatoms. The van der Waals surface area contributed by atoms with Gasteiger partial charge < -0.3 is 10.0 Å². The third-order valence-electron chi connectivity index (χ3n) is 5.82. The minimum Gasteiger partial charge on any atom is -0.392 e. The highest BCUT2D eigenvalue weighted by Crippen LogP contribution is 2.41. The van der Waals surface area contributed by atoms with E-state index in [4.69, 9.17) is 16.6 Å². The number of hydrogen-bond acceptors (Lipinski definition) is 5. The Morgan fingerprint density at radius 1 is 0.853 bits per heavy atom. The average Bonchev–Trinajstić information content (AvgIpc) is 2.89. The van der Waals surface area contributed by atoms with Gasteiger partial charge in [-0.15, -0.1) is 0 Å². The predicted molar refractivity (Wildman–Crippen MR) is 139 cm³/mol. The van der Waals surface area contributed by atoms with Crippen LogP contribution in [0.1, 0.15) is 5.56 Å². The van der Waals surface area contributed by atoms with Crippen molar-refractivity contribution in [2.24, 2.45) is 0 Å². The molecule has 3 aromatic heterocycles. The second-order valence-electron chi connectivity index (χ2n) is 8.18. The highest BCUT2D eigenvalue weighted by Gasteiger charge is 2.19. The summed E-state index contributed by atoms with van der Waals surface area (Å²) in [4.78, 5) is 15.8. The van der Waals surface area contributed by atoms with Crippen LogP contribution in [0.25, 0.3) is 44.5 Å². The van der Waals surface area contributed by atoms with Crippen molar-refractivity contribution in [2.75, 3.05) is 19.0 Å². The maximum Gasteiger partial charge on any atom is 0.138 e. The second kappa shape index (κ2) is 9.21. The fraction of sp³-hybridized carbons (Fsp3) is 0.107. The summed E-state index contributed by atoms with van der Waals surface area (Å²) in [6.45, 7) is -0.159. The number of halogens is 1. The Bertz CT molecular complexity index is 1470. The minimum absolute atomic E-state index is 0.159. The highest BCUT2D eigenvalue weighted by molar-refractivity contribution is 6.39. The van der Waals surface area contributed by atoms with Crippen LogP contribution >= 0.6 is 11.6 Å². The Kier molecular flexibility index (Phi) is 5.97. The van der Waals surface area contributed by atoms with E-state index in [-0.39, 0.29) is 6.61 Å². The lowest BCUT2D eigenvalue weighted by atomic mass is 9.96. The van der Waals surface area contributed by atoms with E-state index in [1.807, 2.05) is 91.8 Å². The number of aliphatic hydroxyl groups is 1. The van der Waals surface area contributed by atoms with E-state index >= 15 is 0 Å². The number of anilines is 1. The highest BCUT2D eigenvalue weighted by atomic mass is 35.5. The van der Waals surface area contributed by atoms with Crippen LogP contribution in [0.5, 0.6) is 0 Å². The first-order chi connectivity index (χ1) is 16.6. The van der Waals surface area contributed by atoms with Crippen molar-refractivity contribution in [3.05, 3.63) is 95.8 Å². The quantitative estimate of drug-likeness (QED) is 0.332. The summed E-state index contributed by atoms with van der Waals surface area (Å²) in [5.41, 5.74) is 6.62. The molecule has 3 heterocycles. The molecule has 0 spiro atoms. The van der Waals surface area contributed by atoms with E-state index in [9.17, 15) is 5.11 Å². The molecule has 5 rings (SSSR count). The van der Waals surface area contributed by atoms with Crippen LogP contribution in [0.15, 0.2) is 85.2 Å². The van der Waals surface area contributed by atoms with Gasteiger partial charge in [-0.25, -0.2) is 4.98 Å². The smallest absolute Gasteiger partial charge is 0.138 e. The monoisotopic (exact) mass is 466 g/mol. The molecule has 0 bridgehead atoms. The zero-order chi connectivity index (χ0) is 23.7. The van der Waals surface area contributed by atoms with Gasteiger partial charge >= 0.3 is 0 Å². The van der Waals surface area contributed by atoms with E-state index in [0.29, 0.717) is 10.7 Å². The first kappa shape index (κ1) is 22.0. The molecule has 0 aliphatic heterocycles. The lowest BCUT2D eigenvalue weighted by Gasteiger charge is -2.20. The predicted octanol–water partition coefficient (Wildman–Crippen LogP) is 6.24. The number of benzene rings is 2. The Balaban J connectivity index is 1.73. The van der Waals surface area contributed by atoms with E-state index < -0.39 is 0 Å². The molecule has 5 aromatic rings. The Hall–Kier alpha value is -3.80. The van der Waals surface area contributed by atoms with E-state index in [2.05, 4.69) is 9.97 Å². The zero-order valence-corrected chi connectivity index (χ0v) is 19.7. The average molecular weight is 467 g/mol. The lowest BCUT2D eigenvalue weighted by Crippen LogP contribution is -2.12. The largest absolute Gasteiger partial charge is 0.392 e. The van der Waals surface area contributed by atoms with Crippen LogP contribution < -0.4 is 4.90 Å². The van der Waals surface area contributed by atoms with Crippen LogP contribution in [0.4, 0.5) is 5.82 Å². The topological polar surface area (TPSA) is 62.1 Å². The molecule has 0 unspecified atom stereocenters. The van der Waals surface area contributed by atoms with Crippen molar-refractivity contribution in [1.82, 2.24) is 15.0 Å². The third-order valence-corrected chi connectivity index (χ3v) is 6.21. The van der Waals surface area contributed by atoms with Crippen LogP contribution in [0.2, 0.25) is 5.02 Å². The molecule has 2 aromatic carbocycles. The van der Waals surface area contributed by atoms with Gasteiger partial charge in [0, 0.05) is 43.0 Å². The molecule has 0 amide bonds. The van der Waals surface area contributed by atoms with Gasteiger partial charge in [0.2, 0.25) is 0 Å². The van der Waals surface area contributed by atoms with Gasteiger partial charge in [0.05, 0.1) is 28.5 Å². The standard InChI is InChI=1S/C28H23ClN4O/c1-33(2)28-25(18-8-4-3-5-9-18)26(29)21-16-19(11-12-23(21)32-28)20-13-15-31-27(22(20)17-34)24-10-6-7-14-30-24/h3-16,34H,17H2,1-2H3. The molecule has 168 valence electrons. The number of nitrogens with zero attached hydrogens (tertiary/aromatic N) is 4. The Morgan fingerprint density at radius 2 is 1.65 bits per heavy atom. The van der Waals surface area contributed by atoms with Crippen molar-refractivity contribution in [3.8, 4) is 33.6 Å². The van der Waals surface area contributed by atoms with Crippen molar-refractivity contribution < 1.29 is 5.11 Å². The summed E-state index contributed by atoms with van der Waals surface area (Å²) in [7, 11) is 3.93. The number of aliphatic hydroxyl groups excluding tert-OH is 1.